The number of benzene rings is 1. The van der Waals surface area contributed by atoms with Gasteiger partial charge in [-0.1, -0.05) is 12.1 Å². The number of nitrogens with one attached hydrogen (secondary N) is 1. The minimum atomic E-state index is -1.41. The molecule has 74 valence electrons. The molecule has 0 saturated heterocycles. The molecule has 0 bridgehead atoms. The highest BCUT2D eigenvalue weighted by atomic mass is 16.5. The fourth-order valence-electron chi connectivity index (χ4n) is 1.51. The average Bonchev–Trinajstić information content (AvgIpc) is 2.41. The Balaban J connectivity index is 2.32. The summed E-state index contributed by atoms with van der Waals surface area (Å²) in [7, 11) is -1.41. The van der Waals surface area contributed by atoms with Crippen LogP contribution in [0.3, 0.4) is 0 Å². The molecule has 0 unspecified atom stereocenters. The molecule has 0 spiro atoms. The van der Waals surface area contributed by atoms with E-state index in [-0.39, 0.29) is 0 Å². The largest absolute Gasteiger partial charge is 0.488 e. The number of anilines is 1. The number of hydrogen-bond donors (Lipinski definition) is 3. The SMILES string of the molecule is OB(O)c1ccc2c(c1)COCCN2. The van der Waals surface area contributed by atoms with E-state index in [1.54, 1.807) is 12.1 Å². The van der Waals surface area contributed by atoms with Gasteiger partial charge in [0.1, 0.15) is 0 Å². The first kappa shape index (κ1) is 9.52. The Morgan fingerprint density at radius 3 is 3.00 bits per heavy atom. The Bertz CT molecular complexity index is 330. The summed E-state index contributed by atoms with van der Waals surface area (Å²) >= 11 is 0. The van der Waals surface area contributed by atoms with Crippen molar-refractivity contribution in [1.82, 2.24) is 0 Å². The molecule has 3 N–H and O–H groups in total. The zero-order valence-electron chi connectivity index (χ0n) is 7.73. The highest BCUT2D eigenvalue weighted by molar-refractivity contribution is 6.58. The number of rotatable bonds is 1. The first-order valence-corrected chi connectivity index (χ1v) is 4.58. The van der Waals surface area contributed by atoms with Gasteiger partial charge in [0.2, 0.25) is 0 Å². The maximum absolute atomic E-state index is 8.99. The van der Waals surface area contributed by atoms with Crippen LogP contribution in [0.4, 0.5) is 5.69 Å². The van der Waals surface area contributed by atoms with Gasteiger partial charge >= 0.3 is 7.12 Å². The summed E-state index contributed by atoms with van der Waals surface area (Å²) in [6.45, 7) is 1.97. The summed E-state index contributed by atoms with van der Waals surface area (Å²) in [6.07, 6.45) is 0. The van der Waals surface area contributed by atoms with Crippen LogP contribution in [0.25, 0.3) is 0 Å². The van der Waals surface area contributed by atoms with Crippen LogP contribution in [0.5, 0.6) is 0 Å². The van der Waals surface area contributed by atoms with Crippen molar-refractivity contribution in [2.75, 3.05) is 18.5 Å². The summed E-state index contributed by atoms with van der Waals surface area (Å²) < 4.78 is 5.33. The molecule has 1 aliphatic heterocycles. The highest BCUT2D eigenvalue weighted by Gasteiger charge is 2.14. The van der Waals surface area contributed by atoms with Crippen LogP contribution in [0, 0.1) is 0 Å². The molecule has 0 atom stereocenters. The lowest BCUT2D eigenvalue weighted by molar-refractivity contribution is 0.135. The maximum Gasteiger partial charge on any atom is 0.488 e. The Morgan fingerprint density at radius 2 is 2.21 bits per heavy atom. The summed E-state index contributed by atoms with van der Waals surface area (Å²) in [6, 6.07) is 5.29. The van der Waals surface area contributed by atoms with E-state index in [4.69, 9.17) is 14.8 Å². The van der Waals surface area contributed by atoms with Crippen LogP contribution in [-0.2, 0) is 11.3 Å². The monoisotopic (exact) mass is 193 g/mol. The van der Waals surface area contributed by atoms with Crippen molar-refractivity contribution in [2.24, 2.45) is 0 Å². The Kier molecular flexibility index (Phi) is 2.72. The van der Waals surface area contributed by atoms with E-state index < -0.39 is 7.12 Å². The Morgan fingerprint density at radius 1 is 1.36 bits per heavy atom. The van der Waals surface area contributed by atoms with E-state index in [0.29, 0.717) is 18.7 Å². The van der Waals surface area contributed by atoms with Crippen LogP contribution in [0.2, 0.25) is 0 Å². The fourth-order valence-corrected chi connectivity index (χ4v) is 1.51. The minimum absolute atomic E-state index is 0.496. The number of fused-ring (bicyclic) bond motifs is 1. The molecule has 1 aromatic rings. The normalized spacial score (nSPS) is 15.3. The van der Waals surface area contributed by atoms with Crippen LogP contribution in [0.1, 0.15) is 5.56 Å². The van der Waals surface area contributed by atoms with Crippen LogP contribution >= 0.6 is 0 Å². The molecule has 1 heterocycles. The van der Waals surface area contributed by atoms with Crippen molar-refractivity contribution < 1.29 is 14.8 Å². The lowest BCUT2D eigenvalue weighted by Crippen LogP contribution is -2.30. The second-order valence-corrected chi connectivity index (χ2v) is 3.27. The molecule has 0 saturated carbocycles. The molecule has 0 fully saturated rings. The van der Waals surface area contributed by atoms with Crippen LogP contribution in [0.15, 0.2) is 18.2 Å². The van der Waals surface area contributed by atoms with Crippen LogP contribution < -0.4 is 10.8 Å². The zero-order valence-corrected chi connectivity index (χ0v) is 7.73. The third kappa shape index (κ3) is 1.90. The van der Waals surface area contributed by atoms with E-state index in [0.717, 1.165) is 17.8 Å². The Hall–Kier alpha value is -1.04. The van der Waals surface area contributed by atoms with Crippen molar-refractivity contribution in [1.29, 1.82) is 0 Å². The fraction of sp³-hybridized carbons (Fsp3) is 0.333. The summed E-state index contributed by atoms with van der Waals surface area (Å²) in [5.74, 6) is 0. The van der Waals surface area contributed by atoms with Gasteiger partial charge in [-0.05, 0) is 11.5 Å². The van der Waals surface area contributed by atoms with Crippen molar-refractivity contribution >= 4 is 18.3 Å². The van der Waals surface area contributed by atoms with E-state index in [2.05, 4.69) is 5.32 Å². The maximum atomic E-state index is 8.99. The van der Waals surface area contributed by atoms with Crippen molar-refractivity contribution in [3.63, 3.8) is 0 Å². The van der Waals surface area contributed by atoms with Crippen molar-refractivity contribution in [3.05, 3.63) is 23.8 Å². The minimum Gasteiger partial charge on any atom is -0.423 e. The lowest BCUT2D eigenvalue weighted by Gasteiger charge is -2.08. The van der Waals surface area contributed by atoms with Gasteiger partial charge in [-0.25, -0.2) is 0 Å². The predicted octanol–water partition coefficient (Wildman–Crippen LogP) is -0.692. The number of ether oxygens (including phenoxy) is 1. The van der Waals surface area contributed by atoms with Gasteiger partial charge in [-0.15, -0.1) is 0 Å². The summed E-state index contributed by atoms with van der Waals surface area (Å²) in [4.78, 5) is 0. The molecule has 2 rings (SSSR count). The smallest absolute Gasteiger partial charge is 0.423 e. The molecule has 1 aromatic carbocycles. The first-order chi connectivity index (χ1) is 6.77. The molecule has 5 heteroatoms. The first-order valence-electron chi connectivity index (χ1n) is 4.58. The second kappa shape index (κ2) is 4.00. The van der Waals surface area contributed by atoms with Gasteiger partial charge in [-0.2, -0.15) is 0 Å². The lowest BCUT2D eigenvalue weighted by atomic mass is 9.79. The molecule has 0 aliphatic carbocycles. The van der Waals surface area contributed by atoms with E-state index in [9.17, 15) is 0 Å². The molecular formula is C9H12BNO3. The van der Waals surface area contributed by atoms with Gasteiger partial charge in [0, 0.05) is 17.8 Å². The third-order valence-electron chi connectivity index (χ3n) is 2.25. The van der Waals surface area contributed by atoms with E-state index in [1.807, 2.05) is 6.07 Å². The van der Waals surface area contributed by atoms with Crippen molar-refractivity contribution in [3.8, 4) is 0 Å². The topological polar surface area (TPSA) is 61.7 Å². The van der Waals surface area contributed by atoms with Crippen LogP contribution in [-0.4, -0.2) is 30.3 Å². The highest BCUT2D eigenvalue weighted by Crippen LogP contribution is 2.16. The molecule has 0 aromatic heterocycles. The van der Waals surface area contributed by atoms with E-state index >= 15 is 0 Å². The van der Waals surface area contributed by atoms with Gasteiger partial charge in [0.15, 0.2) is 0 Å². The summed E-state index contributed by atoms with van der Waals surface area (Å²) in [5, 5.41) is 21.2. The molecule has 0 radical (unpaired) electrons. The molecule has 14 heavy (non-hydrogen) atoms. The summed E-state index contributed by atoms with van der Waals surface area (Å²) in [5.41, 5.74) is 2.47. The van der Waals surface area contributed by atoms with Gasteiger partial charge in [0.05, 0.1) is 13.2 Å². The third-order valence-corrected chi connectivity index (χ3v) is 2.25. The quantitative estimate of drug-likeness (QED) is 0.516. The predicted molar refractivity (Wildman–Crippen MR) is 54.4 cm³/mol. The molecule has 4 nitrogen and oxygen atoms in total. The average molecular weight is 193 g/mol. The van der Waals surface area contributed by atoms with E-state index in [1.165, 1.54) is 0 Å². The van der Waals surface area contributed by atoms with Gasteiger partial charge in [0.25, 0.3) is 0 Å². The molecular weight excluding hydrogens is 181 g/mol. The molecule has 0 amide bonds. The Labute approximate surface area is 82.7 Å². The molecule has 1 aliphatic rings. The van der Waals surface area contributed by atoms with Gasteiger partial charge in [-0.3, -0.25) is 0 Å². The van der Waals surface area contributed by atoms with Gasteiger partial charge < -0.3 is 20.1 Å². The van der Waals surface area contributed by atoms with Crippen molar-refractivity contribution in [2.45, 2.75) is 6.61 Å². The second-order valence-electron chi connectivity index (χ2n) is 3.27. The standard InChI is InChI=1S/C9H12BNO3/c12-10(13)8-1-2-9-7(5-8)6-14-4-3-11-9/h1-2,5,11-13H,3-4,6H2. The zero-order chi connectivity index (χ0) is 9.97. The number of hydrogen-bond acceptors (Lipinski definition) is 4.